The van der Waals surface area contributed by atoms with Crippen molar-refractivity contribution in [2.45, 2.75) is 17.9 Å². The molecule has 27 heavy (non-hydrogen) atoms. The third kappa shape index (κ3) is 8.56. The summed E-state index contributed by atoms with van der Waals surface area (Å²) in [4.78, 5) is 11.9. The monoisotopic (exact) mass is 445 g/mol. The highest BCUT2D eigenvalue weighted by molar-refractivity contribution is 7.99. The van der Waals surface area contributed by atoms with Crippen molar-refractivity contribution >= 4 is 50.7 Å². The Hall–Kier alpha value is -1.21. The predicted octanol–water partition coefficient (Wildman–Crippen LogP) is 4.35. The fourth-order valence-corrected chi connectivity index (χ4v) is 5.21. The lowest BCUT2D eigenvalue weighted by Gasteiger charge is -2.07. The van der Waals surface area contributed by atoms with Gasteiger partial charge in [0.2, 0.25) is 5.91 Å². The molecule has 2 aromatic rings. The summed E-state index contributed by atoms with van der Waals surface area (Å²) >= 11 is 13.4. The zero-order chi connectivity index (χ0) is 19.7. The molecule has 2 aromatic carbocycles. The number of amides is 1. The van der Waals surface area contributed by atoms with Crippen LogP contribution in [0.25, 0.3) is 0 Å². The van der Waals surface area contributed by atoms with E-state index in [1.54, 1.807) is 24.3 Å². The molecule has 0 aliphatic heterocycles. The highest BCUT2D eigenvalue weighted by atomic mass is 35.5. The number of halogens is 2. The Balaban J connectivity index is 1.63. The summed E-state index contributed by atoms with van der Waals surface area (Å²) < 4.78 is 24.2. The minimum atomic E-state index is -3.18. The van der Waals surface area contributed by atoms with Crippen molar-refractivity contribution < 1.29 is 13.2 Å². The van der Waals surface area contributed by atoms with Crippen molar-refractivity contribution in [2.24, 2.45) is 0 Å². The van der Waals surface area contributed by atoms with Gasteiger partial charge in [0.15, 0.2) is 9.84 Å². The number of hydrogen-bond donors (Lipinski definition) is 1. The normalized spacial score (nSPS) is 11.3. The van der Waals surface area contributed by atoms with Gasteiger partial charge in [-0.05, 0) is 29.7 Å². The smallest absolute Gasteiger partial charge is 0.230 e. The quantitative estimate of drug-likeness (QED) is 0.552. The van der Waals surface area contributed by atoms with E-state index in [9.17, 15) is 13.2 Å². The van der Waals surface area contributed by atoms with Crippen molar-refractivity contribution in [3.05, 3.63) is 69.7 Å². The lowest BCUT2D eigenvalue weighted by atomic mass is 10.2. The molecular weight excluding hydrogens is 425 g/mol. The van der Waals surface area contributed by atoms with Gasteiger partial charge in [-0.15, -0.1) is 11.8 Å². The number of benzene rings is 2. The summed E-state index contributed by atoms with van der Waals surface area (Å²) in [6.45, 7) is 0.342. The molecule has 2 rings (SSSR count). The van der Waals surface area contributed by atoms with Crippen LogP contribution in [0.4, 0.5) is 0 Å². The van der Waals surface area contributed by atoms with Gasteiger partial charge in [0.1, 0.15) is 0 Å². The van der Waals surface area contributed by atoms with Gasteiger partial charge in [0, 0.05) is 22.3 Å². The number of carbonyl (C=O) groups is 1. The molecular formula is C19H21Cl2NO3S2. The molecule has 0 saturated carbocycles. The number of hydrogen-bond acceptors (Lipinski definition) is 4. The van der Waals surface area contributed by atoms with Gasteiger partial charge in [0.25, 0.3) is 0 Å². The molecule has 0 atom stereocenters. The molecule has 8 heteroatoms. The van der Waals surface area contributed by atoms with Crippen LogP contribution in [0.3, 0.4) is 0 Å². The average molecular weight is 446 g/mol. The second-order valence-corrected chi connectivity index (χ2v) is 10.0. The average Bonchev–Trinajstić information content (AvgIpc) is 2.61. The van der Waals surface area contributed by atoms with Crippen LogP contribution >= 0.6 is 35.0 Å². The lowest BCUT2D eigenvalue weighted by Crippen LogP contribution is -2.27. The summed E-state index contributed by atoms with van der Waals surface area (Å²) in [6, 6.07) is 14.4. The Morgan fingerprint density at radius 2 is 1.81 bits per heavy atom. The minimum Gasteiger partial charge on any atom is -0.355 e. The van der Waals surface area contributed by atoms with E-state index in [1.165, 1.54) is 11.8 Å². The Morgan fingerprint density at radius 1 is 1.07 bits per heavy atom. The summed E-state index contributed by atoms with van der Waals surface area (Å²) in [5.74, 6) is 0.852. The highest BCUT2D eigenvalue weighted by Crippen LogP contribution is 2.24. The molecule has 1 N–H and O–H groups in total. The molecule has 146 valence electrons. The number of nitrogens with one attached hydrogen (secondary N) is 1. The highest BCUT2D eigenvalue weighted by Gasteiger charge is 2.12. The lowest BCUT2D eigenvalue weighted by molar-refractivity contribution is -0.118. The SMILES string of the molecule is O=C(CSCc1ccc(Cl)cc1Cl)NCCCS(=O)(=O)Cc1ccccc1. The first-order valence-electron chi connectivity index (χ1n) is 8.38. The fraction of sp³-hybridized carbons (Fsp3) is 0.316. The number of rotatable bonds is 10. The van der Waals surface area contributed by atoms with E-state index in [0.29, 0.717) is 28.8 Å². The summed E-state index contributed by atoms with van der Waals surface area (Å²) in [5, 5.41) is 3.91. The molecule has 0 aromatic heterocycles. The van der Waals surface area contributed by atoms with Crippen LogP contribution in [0.15, 0.2) is 48.5 Å². The van der Waals surface area contributed by atoms with E-state index < -0.39 is 9.84 Å². The van der Waals surface area contributed by atoms with Crippen LogP contribution in [-0.4, -0.2) is 32.4 Å². The van der Waals surface area contributed by atoms with Crippen LogP contribution in [0.5, 0.6) is 0 Å². The Bertz CT molecular complexity index is 859. The van der Waals surface area contributed by atoms with Gasteiger partial charge in [-0.2, -0.15) is 0 Å². The van der Waals surface area contributed by atoms with Crippen molar-refractivity contribution in [3.63, 3.8) is 0 Å². The molecule has 0 heterocycles. The van der Waals surface area contributed by atoms with Gasteiger partial charge in [-0.1, -0.05) is 59.6 Å². The summed E-state index contributed by atoms with van der Waals surface area (Å²) in [7, 11) is -3.18. The van der Waals surface area contributed by atoms with E-state index >= 15 is 0 Å². The molecule has 0 aliphatic carbocycles. The van der Waals surface area contributed by atoms with Crippen LogP contribution in [0, 0.1) is 0 Å². The van der Waals surface area contributed by atoms with Crippen LogP contribution < -0.4 is 5.32 Å². The Morgan fingerprint density at radius 3 is 2.52 bits per heavy atom. The van der Waals surface area contributed by atoms with E-state index in [2.05, 4.69) is 5.32 Å². The maximum atomic E-state index is 12.1. The molecule has 0 aliphatic rings. The molecule has 0 saturated heterocycles. The molecule has 0 radical (unpaired) electrons. The van der Waals surface area contributed by atoms with E-state index in [4.69, 9.17) is 23.2 Å². The van der Waals surface area contributed by atoms with Crippen molar-refractivity contribution in [2.75, 3.05) is 18.1 Å². The first-order valence-corrected chi connectivity index (χ1v) is 12.1. The molecule has 4 nitrogen and oxygen atoms in total. The molecule has 0 bridgehead atoms. The van der Waals surface area contributed by atoms with Gasteiger partial charge >= 0.3 is 0 Å². The van der Waals surface area contributed by atoms with Crippen LogP contribution in [0.2, 0.25) is 10.0 Å². The minimum absolute atomic E-state index is 0.0273. The van der Waals surface area contributed by atoms with Crippen molar-refractivity contribution in [3.8, 4) is 0 Å². The predicted molar refractivity (Wildman–Crippen MR) is 114 cm³/mol. The standard InChI is InChI=1S/C19H21Cl2NO3S2/c20-17-8-7-16(18(21)11-17)12-26-13-19(23)22-9-4-10-27(24,25)14-15-5-2-1-3-6-15/h1-3,5-8,11H,4,9-10,12-14H2,(H,22,23). The van der Waals surface area contributed by atoms with Crippen molar-refractivity contribution in [1.82, 2.24) is 5.32 Å². The third-order valence-corrected chi connectivity index (χ3v) is 6.94. The number of thioether (sulfide) groups is 1. The van der Waals surface area contributed by atoms with E-state index in [1.807, 2.05) is 24.3 Å². The zero-order valence-electron chi connectivity index (χ0n) is 14.7. The molecule has 0 unspecified atom stereocenters. The van der Waals surface area contributed by atoms with Crippen LogP contribution in [-0.2, 0) is 26.1 Å². The number of sulfone groups is 1. The second-order valence-electron chi connectivity index (χ2n) is 6.01. The van der Waals surface area contributed by atoms with Gasteiger partial charge in [-0.25, -0.2) is 8.42 Å². The summed E-state index contributed by atoms with van der Waals surface area (Å²) in [5.41, 5.74) is 1.70. The van der Waals surface area contributed by atoms with E-state index in [0.717, 1.165) is 11.1 Å². The fourth-order valence-electron chi connectivity index (χ4n) is 2.36. The van der Waals surface area contributed by atoms with Gasteiger partial charge < -0.3 is 5.32 Å². The third-order valence-electron chi connectivity index (χ3n) is 3.69. The van der Waals surface area contributed by atoms with Crippen molar-refractivity contribution in [1.29, 1.82) is 0 Å². The maximum absolute atomic E-state index is 12.1. The first kappa shape index (κ1) is 22.1. The molecule has 0 spiro atoms. The van der Waals surface area contributed by atoms with Gasteiger partial charge in [-0.3, -0.25) is 4.79 Å². The Labute approximate surface area is 174 Å². The molecule has 1 amide bonds. The largest absolute Gasteiger partial charge is 0.355 e. The van der Waals surface area contributed by atoms with Crippen LogP contribution in [0.1, 0.15) is 17.5 Å². The van der Waals surface area contributed by atoms with Gasteiger partial charge in [0.05, 0.1) is 17.3 Å². The topological polar surface area (TPSA) is 63.2 Å². The summed E-state index contributed by atoms with van der Waals surface area (Å²) in [6.07, 6.45) is 0.397. The maximum Gasteiger partial charge on any atom is 0.230 e. The molecule has 0 fully saturated rings. The second kappa shape index (κ2) is 11.0. The zero-order valence-corrected chi connectivity index (χ0v) is 17.8. The first-order chi connectivity index (χ1) is 12.9. The Kier molecular flexibility index (Phi) is 8.96. The number of carbonyl (C=O) groups excluding carboxylic acids is 1. The van der Waals surface area contributed by atoms with E-state index in [-0.39, 0.29) is 23.2 Å².